The highest BCUT2D eigenvalue weighted by Crippen LogP contribution is 2.36. The van der Waals surface area contributed by atoms with Crippen LogP contribution >= 0.6 is 22.9 Å². The number of aromatic nitrogens is 1. The van der Waals surface area contributed by atoms with Crippen molar-refractivity contribution in [3.05, 3.63) is 80.8 Å². The van der Waals surface area contributed by atoms with E-state index >= 15 is 0 Å². The Bertz CT molecular complexity index is 1110. The minimum atomic E-state index is -4.59. The maximum Gasteiger partial charge on any atom is 0.417 e. The fraction of sp³-hybridized carbons (Fsp3) is 0.190. The SMILES string of the molecule is CC(NC(=O)OCc1ccccc1)c1ncc(C(=O)Nc2ccc(C(F)(F)F)c(Cl)c2)s1. The maximum atomic E-state index is 12.8. The zero-order valence-electron chi connectivity index (χ0n) is 16.6. The Balaban J connectivity index is 1.56. The first-order chi connectivity index (χ1) is 15.1. The van der Waals surface area contributed by atoms with Crippen LogP contribution in [0.15, 0.2) is 54.7 Å². The summed E-state index contributed by atoms with van der Waals surface area (Å²) in [5.41, 5.74) is -0.0400. The van der Waals surface area contributed by atoms with Crippen LogP contribution in [0.4, 0.5) is 23.7 Å². The quantitative estimate of drug-likeness (QED) is 0.447. The summed E-state index contributed by atoms with van der Waals surface area (Å²) >= 11 is 6.70. The van der Waals surface area contributed by atoms with Gasteiger partial charge in [0.2, 0.25) is 0 Å². The molecule has 0 fully saturated rings. The molecule has 1 atom stereocenters. The molecule has 3 rings (SSSR count). The van der Waals surface area contributed by atoms with E-state index < -0.39 is 34.8 Å². The van der Waals surface area contributed by atoms with Gasteiger partial charge in [-0.15, -0.1) is 11.3 Å². The number of anilines is 1. The Kier molecular flexibility index (Phi) is 7.37. The standard InChI is InChI=1S/C21H17ClF3N3O3S/c1-12(27-20(30)31-11-13-5-3-2-4-6-13)19-26-10-17(32-19)18(29)28-14-7-8-15(16(22)9-14)21(23,24)25/h2-10,12H,11H2,1H3,(H,27,30)(H,28,29). The van der Waals surface area contributed by atoms with Gasteiger partial charge in [0.05, 0.1) is 22.8 Å². The normalized spacial score (nSPS) is 12.2. The molecule has 0 radical (unpaired) electrons. The van der Waals surface area contributed by atoms with Gasteiger partial charge in [0.1, 0.15) is 16.5 Å². The van der Waals surface area contributed by atoms with Crippen molar-refractivity contribution in [3.8, 4) is 0 Å². The lowest BCUT2D eigenvalue weighted by Crippen LogP contribution is -2.27. The predicted molar refractivity (Wildman–Crippen MR) is 115 cm³/mol. The van der Waals surface area contributed by atoms with Crippen LogP contribution in [0.3, 0.4) is 0 Å². The number of nitrogens with one attached hydrogen (secondary N) is 2. The van der Waals surface area contributed by atoms with E-state index in [-0.39, 0.29) is 17.2 Å². The molecule has 2 aromatic carbocycles. The van der Waals surface area contributed by atoms with Gasteiger partial charge in [-0.2, -0.15) is 13.2 Å². The lowest BCUT2D eigenvalue weighted by atomic mass is 10.2. The topological polar surface area (TPSA) is 80.3 Å². The van der Waals surface area contributed by atoms with E-state index in [0.29, 0.717) is 5.01 Å². The molecule has 0 saturated heterocycles. The van der Waals surface area contributed by atoms with Crippen LogP contribution in [0.25, 0.3) is 0 Å². The molecule has 0 spiro atoms. The molecule has 2 N–H and O–H groups in total. The number of alkyl halides is 3. The van der Waals surface area contributed by atoms with Crippen molar-refractivity contribution in [2.75, 3.05) is 5.32 Å². The first-order valence-corrected chi connectivity index (χ1v) is 10.4. The molecule has 0 saturated carbocycles. The first kappa shape index (κ1) is 23.6. The second-order valence-electron chi connectivity index (χ2n) is 6.64. The van der Waals surface area contributed by atoms with Crippen molar-refractivity contribution in [3.63, 3.8) is 0 Å². The minimum Gasteiger partial charge on any atom is -0.445 e. The van der Waals surface area contributed by atoms with Crippen molar-refractivity contribution in [1.82, 2.24) is 10.3 Å². The Morgan fingerprint density at radius 3 is 2.56 bits per heavy atom. The zero-order valence-corrected chi connectivity index (χ0v) is 18.1. The number of carbonyl (C=O) groups excluding carboxylic acids is 2. The van der Waals surface area contributed by atoms with Gasteiger partial charge in [-0.1, -0.05) is 41.9 Å². The fourth-order valence-corrected chi connectivity index (χ4v) is 3.71. The molecule has 1 unspecified atom stereocenters. The number of halogens is 4. The molecule has 0 aliphatic rings. The van der Waals surface area contributed by atoms with Gasteiger partial charge in [0.15, 0.2) is 0 Å². The predicted octanol–water partition coefficient (Wildman–Crippen LogP) is 6.06. The smallest absolute Gasteiger partial charge is 0.417 e. The van der Waals surface area contributed by atoms with Gasteiger partial charge in [-0.05, 0) is 30.7 Å². The molecule has 168 valence electrons. The summed E-state index contributed by atoms with van der Waals surface area (Å²) < 4.78 is 43.5. The summed E-state index contributed by atoms with van der Waals surface area (Å²) in [5, 5.41) is 5.04. The van der Waals surface area contributed by atoms with Gasteiger partial charge < -0.3 is 15.4 Å². The third kappa shape index (κ3) is 6.21. The summed E-state index contributed by atoms with van der Waals surface area (Å²) in [4.78, 5) is 28.7. The van der Waals surface area contributed by atoms with Crippen LogP contribution in [-0.2, 0) is 17.5 Å². The first-order valence-electron chi connectivity index (χ1n) is 9.24. The number of thiazole rings is 1. The number of hydrogen-bond acceptors (Lipinski definition) is 5. The monoisotopic (exact) mass is 483 g/mol. The molecule has 0 aliphatic heterocycles. The summed E-state index contributed by atoms with van der Waals surface area (Å²) in [5.74, 6) is -0.566. The highest BCUT2D eigenvalue weighted by Gasteiger charge is 2.33. The van der Waals surface area contributed by atoms with Crippen LogP contribution in [-0.4, -0.2) is 17.0 Å². The van der Waals surface area contributed by atoms with Gasteiger partial charge in [-0.25, -0.2) is 9.78 Å². The van der Waals surface area contributed by atoms with E-state index in [2.05, 4.69) is 15.6 Å². The van der Waals surface area contributed by atoms with Gasteiger partial charge in [0.25, 0.3) is 5.91 Å². The van der Waals surface area contributed by atoms with Crippen molar-refractivity contribution < 1.29 is 27.5 Å². The maximum absolute atomic E-state index is 12.8. The van der Waals surface area contributed by atoms with E-state index in [0.717, 1.165) is 35.1 Å². The molecule has 2 amide bonds. The van der Waals surface area contributed by atoms with E-state index in [4.69, 9.17) is 16.3 Å². The molecule has 3 aromatic rings. The van der Waals surface area contributed by atoms with Crippen LogP contribution in [0, 0.1) is 0 Å². The number of amides is 2. The average molecular weight is 484 g/mol. The summed E-state index contributed by atoms with van der Waals surface area (Å²) in [6.45, 7) is 1.79. The summed E-state index contributed by atoms with van der Waals surface area (Å²) in [7, 11) is 0. The fourth-order valence-electron chi connectivity index (χ4n) is 2.61. The van der Waals surface area contributed by atoms with Gasteiger partial charge >= 0.3 is 12.3 Å². The highest BCUT2D eigenvalue weighted by molar-refractivity contribution is 7.13. The van der Waals surface area contributed by atoms with Crippen LogP contribution in [0.1, 0.15) is 38.8 Å². The number of carbonyl (C=O) groups is 2. The van der Waals surface area contributed by atoms with Crippen molar-refractivity contribution in [2.45, 2.75) is 25.7 Å². The summed E-state index contributed by atoms with van der Waals surface area (Å²) in [6.07, 6.45) is -3.91. The molecule has 11 heteroatoms. The van der Waals surface area contributed by atoms with Gasteiger partial charge in [0, 0.05) is 5.69 Å². The lowest BCUT2D eigenvalue weighted by molar-refractivity contribution is -0.137. The molecular weight excluding hydrogens is 467 g/mol. The van der Waals surface area contributed by atoms with Gasteiger partial charge in [-0.3, -0.25) is 4.79 Å². The third-order valence-corrected chi connectivity index (χ3v) is 5.69. The van der Waals surface area contributed by atoms with Crippen molar-refractivity contribution >= 4 is 40.6 Å². The Morgan fingerprint density at radius 1 is 1.19 bits per heavy atom. The Morgan fingerprint density at radius 2 is 1.91 bits per heavy atom. The Labute approximate surface area is 190 Å². The number of alkyl carbamates (subject to hydrolysis) is 1. The summed E-state index contributed by atoms with van der Waals surface area (Å²) in [6, 6.07) is 11.6. The van der Waals surface area contributed by atoms with Crippen LogP contribution < -0.4 is 10.6 Å². The molecule has 32 heavy (non-hydrogen) atoms. The van der Waals surface area contributed by atoms with Crippen molar-refractivity contribution in [2.24, 2.45) is 0 Å². The highest BCUT2D eigenvalue weighted by atomic mass is 35.5. The number of ether oxygens (including phenoxy) is 1. The van der Waals surface area contributed by atoms with Crippen LogP contribution in [0.2, 0.25) is 5.02 Å². The van der Waals surface area contributed by atoms with E-state index in [1.165, 1.54) is 6.20 Å². The average Bonchev–Trinajstić information content (AvgIpc) is 3.23. The molecule has 0 aliphatic carbocycles. The zero-order chi connectivity index (χ0) is 23.3. The molecule has 1 heterocycles. The van der Waals surface area contributed by atoms with E-state index in [1.807, 2.05) is 30.3 Å². The van der Waals surface area contributed by atoms with E-state index in [9.17, 15) is 22.8 Å². The second-order valence-corrected chi connectivity index (χ2v) is 8.11. The molecule has 0 bridgehead atoms. The van der Waals surface area contributed by atoms with Crippen LogP contribution in [0.5, 0.6) is 0 Å². The minimum absolute atomic E-state index is 0.110. The van der Waals surface area contributed by atoms with Crippen molar-refractivity contribution in [1.29, 1.82) is 0 Å². The largest absolute Gasteiger partial charge is 0.445 e. The molecule has 6 nitrogen and oxygen atoms in total. The number of benzene rings is 2. The Hall–Kier alpha value is -3.11. The van der Waals surface area contributed by atoms with E-state index in [1.54, 1.807) is 6.92 Å². The second kappa shape index (κ2) is 10.0. The molecule has 1 aromatic heterocycles. The number of hydrogen-bond donors (Lipinski definition) is 2. The lowest BCUT2D eigenvalue weighted by Gasteiger charge is -2.12. The molecular formula is C21H17ClF3N3O3S. The third-order valence-electron chi connectivity index (χ3n) is 4.20. The number of rotatable bonds is 6. The number of nitrogens with zero attached hydrogens (tertiary/aromatic N) is 1.